The lowest BCUT2D eigenvalue weighted by Crippen LogP contribution is -2.30. The highest BCUT2D eigenvalue weighted by Gasteiger charge is 2.19. The third-order valence-electron chi connectivity index (χ3n) is 13.6. The number of hydrogen-bond donors (Lipinski definition) is 0. The molecular formula is C73H120O6. The molecule has 0 aromatic carbocycles. The predicted molar refractivity (Wildman–Crippen MR) is 343 cm³/mol. The number of ether oxygens (including phenoxy) is 3. The van der Waals surface area contributed by atoms with Crippen LogP contribution in [-0.4, -0.2) is 37.2 Å². The molecule has 0 aromatic heterocycles. The van der Waals surface area contributed by atoms with E-state index in [1.54, 1.807) is 0 Å². The third kappa shape index (κ3) is 64.3. The van der Waals surface area contributed by atoms with Crippen LogP contribution in [0, 0.1) is 0 Å². The van der Waals surface area contributed by atoms with E-state index in [0.29, 0.717) is 19.3 Å². The summed E-state index contributed by atoms with van der Waals surface area (Å²) in [6.07, 6.45) is 93.3. The van der Waals surface area contributed by atoms with Crippen molar-refractivity contribution in [3.05, 3.63) is 134 Å². The largest absolute Gasteiger partial charge is 0.462 e. The first-order valence-corrected chi connectivity index (χ1v) is 32.7. The van der Waals surface area contributed by atoms with E-state index in [-0.39, 0.29) is 37.5 Å². The first-order valence-electron chi connectivity index (χ1n) is 32.7. The van der Waals surface area contributed by atoms with Crippen LogP contribution in [0.5, 0.6) is 0 Å². The summed E-state index contributed by atoms with van der Waals surface area (Å²) < 4.78 is 16.9. The summed E-state index contributed by atoms with van der Waals surface area (Å²) in [5.41, 5.74) is 0. The van der Waals surface area contributed by atoms with E-state index in [9.17, 15) is 14.4 Å². The van der Waals surface area contributed by atoms with Gasteiger partial charge in [-0.1, -0.05) is 276 Å². The summed E-state index contributed by atoms with van der Waals surface area (Å²) in [4.78, 5) is 38.3. The van der Waals surface area contributed by atoms with Crippen LogP contribution in [-0.2, 0) is 28.6 Å². The van der Waals surface area contributed by atoms with Crippen molar-refractivity contribution in [1.29, 1.82) is 0 Å². The summed E-state index contributed by atoms with van der Waals surface area (Å²) in [7, 11) is 0. The molecule has 0 fully saturated rings. The van der Waals surface area contributed by atoms with Crippen LogP contribution in [0.3, 0.4) is 0 Å². The smallest absolute Gasteiger partial charge is 0.306 e. The Balaban J connectivity index is 4.35. The average molecular weight is 1090 g/mol. The lowest BCUT2D eigenvalue weighted by molar-refractivity contribution is -0.167. The minimum absolute atomic E-state index is 0.110. The fourth-order valence-electron chi connectivity index (χ4n) is 8.79. The summed E-state index contributed by atoms with van der Waals surface area (Å²) in [5.74, 6) is -0.985. The van der Waals surface area contributed by atoms with E-state index in [2.05, 4.69) is 154 Å². The fraction of sp³-hybridized carbons (Fsp3) is 0.658. The lowest BCUT2D eigenvalue weighted by Gasteiger charge is -2.18. The molecule has 0 N–H and O–H groups in total. The van der Waals surface area contributed by atoms with Crippen molar-refractivity contribution in [3.63, 3.8) is 0 Å². The maximum atomic E-state index is 12.9. The van der Waals surface area contributed by atoms with Gasteiger partial charge in [-0.05, 0) is 128 Å². The minimum atomic E-state index is -0.821. The molecule has 0 saturated carbocycles. The highest BCUT2D eigenvalue weighted by molar-refractivity contribution is 5.71. The van der Waals surface area contributed by atoms with Gasteiger partial charge >= 0.3 is 17.9 Å². The van der Waals surface area contributed by atoms with E-state index < -0.39 is 6.10 Å². The zero-order valence-electron chi connectivity index (χ0n) is 51.3. The second kappa shape index (κ2) is 66.1. The molecular weight excluding hydrogens is 973 g/mol. The predicted octanol–water partition coefficient (Wildman–Crippen LogP) is 22.5. The molecule has 0 aliphatic carbocycles. The standard InChI is InChI=1S/C73H120O6/c1-4-7-10-13-16-19-22-25-28-30-31-32-33-34-35-36-37-38-39-40-41-43-45-48-51-54-57-60-63-66-72(75)78-69-70(68-77-71(74)65-62-59-56-53-50-47-44-27-24-21-18-15-12-9-6-3)79-73(76)67-64-61-58-55-52-49-46-42-29-26-23-20-17-14-11-8-5-2/h8-9,11-12,17-18,20-22,25-27,29-31,33-34,44,46,49,55,58,70H,4-7,10,13-16,19,23-24,28,32,35-43,45,47-48,50-54,56-57,59-69H2,1-3H3/b11-8-,12-9-,20-17-,21-18-,25-22-,29-26-,31-30-,34-33-,44-27-,49-46-,58-55-. The lowest BCUT2D eigenvalue weighted by atomic mass is 10.0. The second-order valence-corrected chi connectivity index (χ2v) is 21.3. The molecule has 0 aromatic rings. The monoisotopic (exact) mass is 1090 g/mol. The number of rotatable bonds is 58. The van der Waals surface area contributed by atoms with Gasteiger partial charge in [-0.25, -0.2) is 0 Å². The van der Waals surface area contributed by atoms with Gasteiger partial charge in [-0.15, -0.1) is 0 Å². The normalized spacial score (nSPS) is 13.0. The van der Waals surface area contributed by atoms with E-state index in [1.807, 2.05) is 0 Å². The van der Waals surface area contributed by atoms with Crippen LogP contribution in [0.1, 0.15) is 290 Å². The molecule has 448 valence electrons. The molecule has 0 rings (SSSR count). The Morgan fingerprint density at radius 1 is 0.266 bits per heavy atom. The Labute approximate surface area is 487 Å². The van der Waals surface area contributed by atoms with Gasteiger partial charge in [0.25, 0.3) is 0 Å². The highest BCUT2D eigenvalue weighted by atomic mass is 16.6. The Hall–Kier alpha value is -4.45. The topological polar surface area (TPSA) is 78.9 Å². The Kier molecular flexibility index (Phi) is 62.3. The van der Waals surface area contributed by atoms with Gasteiger partial charge in [0.05, 0.1) is 0 Å². The van der Waals surface area contributed by atoms with Crippen LogP contribution in [0.4, 0.5) is 0 Å². The van der Waals surface area contributed by atoms with Crippen molar-refractivity contribution >= 4 is 17.9 Å². The molecule has 0 saturated heterocycles. The number of allylic oxidation sites excluding steroid dienone is 22. The summed E-state index contributed by atoms with van der Waals surface area (Å²) in [6.45, 7) is 6.35. The van der Waals surface area contributed by atoms with Crippen molar-refractivity contribution in [1.82, 2.24) is 0 Å². The fourth-order valence-corrected chi connectivity index (χ4v) is 8.79. The Bertz CT molecular complexity index is 1680. The van der Waals surface area contributed by atoms with Crippen molar-refractivity contribution in [3.8, 4) is 0 Å². The van der Waals surface area contributed by atoms with Crippen LogP contribution in [0.25, 0.3) is 0 Å². The molecule has 1 atom stereocenters. The van der Waals surface area contributed by atoms with Crippen molar-refractivity contribution < 1.29 is 28.6 Å². The van der Waals surface area contributed by atoms with E-state index >= 15 is 0 Å². The zero-order valence-corrected chi connectivity index (χ0v) is 51.3. The average Bonchev–Trinajstić information content (AvgIpc) is 3.45. The Morgan fingerprint density at radius 2 is 0.506 bits per heavy atom. The molecule has 0 aliphatic rings. The highest BCUT2D eigenvalue weighted by Crippen LogP contribution is 2.16. The minimum Gasteiger partial charge on any atom is -0.462 e. The molecule has 0 radical (unpaired) electrons. The first kappa shape index (κ1) is 74.5. The maximum Gasteiger partial charge on any atom is 0.306 e. The zero-order chi connectivity index (χ0) is 57.1. The number of unbranched alkanes of at least 4 members (excludes halogenated alkanes) is 25. The van der Waals surface area contributed by atoms with Crippen LogP contribution >= 0.6 is 0 Å². The third-order valence-corrected chi connectivity index (χ3v) is 13.6. The SMILES string of the molecule is CC/C=C\C/C=C\C/C=C\C/C=C\C/C=C\CCCC(=O)OC(COC(=O)CCCCCCC/C=C\C/C=C\C/C=C\CC)COC(=O)CCCCCCCCCCCCCCCC/C=C\C/C=C\C/C=C\CCCCCCC. The molecule has 0 heterocycles. The van der Waals surface area contributed by atoms with Gasteiger partial charge in [0.2, 0.25) is 0 Å². The number of hydrogen-bond acceptors (Lipinski definition) is 6. The molecule has 79 heavy (non-hydrogen) atoms. The molecule has 0 amide bonds. The number of carbonyl (C=O) groups is 3. The van der Waals surface area contributed by atoms with Crippen molar-refractivity contribution in [2.75, 3.05) is 13.2 Å². The summed E-state index contributed by atoms with van der Waals surface area (Å²) in [5, 5.41) is 0. The van der Waals surface area contributed by atoms with Gasteiger partial charge in [-0.2, -0.15) is 0 Å². The maximum absolute atomic E-state index is 12.9. The summed E-state index contributed by atoms with van der Waals surface area (Å²) in [6, 6.07) is 0. The van der Waals surface area contributed by atoms with Crippen LogP contribution in [0.15, 0.2) is 134 Å². The van der Waals surface area contributed by atoms with Gasteiger partial charge in [0.15, 0.2) is 6.10 Å². The molecule has 0 aliphatic heterocycles. The first-order chi connectivity index (χ1) is 39.0. The second-order valence-electron chi connectivity index (χ2n) is 21.3. The molecule has 1 unspecified atom stereocenters. The van der Waals surface area contributed by atoms with Crippen LogP contribution in [0.2, 0.25) is 0 Å². The molecule has 0 bridgehead atoms. The van der Waals surface area contributed by atoms with Crippen molar-refractivity contribution in [2.45, 2.75) is 297 Å². The molecule has 0 spiro atoms. The van der Waals surface area contributed by atoms with Gasteiger partial charge < -0.3 is 14.2 Å². The van der Waals surface area contributed by atoms with Crippen LogP contribution < -0.4 is 0 Å². The van der Waals surface area contributed by atoms with Gasteiger partial charge in [0.1, 0.15) is 13.2 Å². The number of esters is 3. The van der Waals surface area contributed by atoms with E-state index in [4.69, 9.17) is 14.2 Å². The van der Waals surface area contributed by atoms with E-state index in [0.717, 1.165) is 128 Å². The quantitative estimate of drug-likeness (QED) is 0.0261. The van der Waals surface area contributed by atoms with E-state index in [1.165, 1.54) is 116 Å². The van der Waals surface area contributed by atoms with Gasteiger partial charge in [-0.3, -0.25) is 14.4 Å². The molecule has 6 nitrogen and oxygen atoms in total. The van der Waals surface area contributed by atoms with Gasteiger partial charge in [0, 0.05) is 19.3 Å². The van der Waals surface area contributed by atoms with Crippen molar-refractivity contribution in [2.24, 2.45) is 0 Å². The molecule has 6 heteroatoms. The number of carbonyl (C=O) groups excluding carboxylic acids is 3. The summed E-state index contributed by atoms with van der Waals surface area (Å²) >= 11 is 0. The Morgan fingerprint density at radius 3 is 0.810 bits per heavy atom.